The standard InChI is InChI=1S/C4H2Cl2F2O2/c5-1-2(9)4(7,8)3(6)10/h1H2. The third-order valence-corrected chi connectivity index (χ3v) is 1.20. The Labute approximate surface area is 65.1 Å². The molecule has 0 rings (SSSR count). The zero-order valence-corrected chi connectivity index (χ0v) is 6.05. The van der Waals surface area contributed by atoms with Gasteiger partial charge in [0, 0.05) is 0 Å². The molecule has 0 aliphatic heterocycles. The lowest BCUT2D eigenvalue weighted by molar-refractivity contribution is -0.149. The molecule has 0 aromatic carbocycles. The summed E-state index contributed by atoms with van der Waals surface area (Å²) >= 11 is 9.11. The Bertz CT molecular complexity index is 169. The molecule has 58 valence electrons. The molecule has 0 atom stereocenters. The molecule has 0 aliphatic carbocycles. The van der Waals surface area contributed by atoms with Gasteiger partial charge in [0.2, 0.25) is 5.78 Å². The number of Topliss-reactive ketones (excluding diaryl/α,β-unsaturated/α-hetero) is 1. The van der Waals surface area contributed by atoms with Gasteiger partial charge in [-0.2, -0.15) is 8.78 Å². The molecule has 0 aromatic heterocycles. The van der Waals surface area contributed by atoms with Crippen LogP contribution in [0.5, 0.6) is 0 Å². The van der Waals surface area contributed by atoms with Crippen molar-refractivity contribution in [3.05, 3.63) is 0 Å². The fourth-order valence-corrected chi connectivity index (χ4v) is 0.467. The van der Waals surface area contributed by atoms with E-state index in [2.05, 4.69) is 11.6 Å². The summed E-state index contributed by atoms with van der Waals surface area (Å²) in [7, 11) is 0. The molecule has 0 bridgehead atoms. The Morgan fingerprint density at radius 1 is 1.40 bits per heavy atom. The third kappa shape index (κ3) is 1.88. The first kappa shape index (κ1) is 9.78. The van der Waals surface area contributed by atoms with Crippen molar-refractivity contribution in [1.82, 2.24) is 0 Å². The molecule has 0 radical (unpaired) electrons. The number of carbonyl (C=O) groups is 2. The van der Waals surface area contributed by atoms with Gasteiger partial charge in [-0.1, -0.05) is 0 Å². The Morgan fingerprint density at radius 3 is 1.90 bits per heavy atom. The minimum Gasteiger partial charge on any atom is -0.291 e. The van der Waals surface area contributed by atoms with Gasteiger partial charge in [-0.3, -0.25) is 9.59 Å². The zero-order chi connectivity index (χ0) is 8.36. The Kier molecular flexibility index (Phi) is 3.18. The highest BCUT2D eigenvalue weighted by Gasteiger charge is 2.44. The van der Waals surface area contributed by atoms with E-state index in [9.17, 15) is 18.4 Å². The molecule has 6 heteroatoms. The highest BCUT2D eigenvalue weighted by molar-refractivity contribution is 6.67. The summed E-state index contributed by atoms with van der Waals surface area (Å²) in [5, 5.41) is -2.00. The number of rotatable bonds is 3. The van der Waals surface area contributed by atoms with Crippen molar-refractivity contribution in [2.75, 3.05) is 5.88 Å². The van der Waals surface area contributed by atoms with E-state index in [1.54, 1.807) is 0 Å². The van der Waals surface area contributed by atoms with Crippen LogP contribution in [0.4, 0.5) is 8.78 Å². The molecule has 0 fully saturated rings. The molecule has 2 nitrogen and oxygen atoms in total. The predicted octanol–water partition coefficient (Wildman–Crippen LogP) is 1.20. The van der Waals surface area contributed by atoms with Crippen LogP contribution >= 0.6 is 23.2 Å². The quantitative estimate of drug-likeness (QED) is 0.381. The van der Waals surface area contributed by atoms with E-state index in [4.69, 9.17) is 11.6 Å². The molecule has 0 saturated carbocycles. The topological polar surface area (TPSA) is 34.1 Å². The molecular formula is C4H2Cl2F2O2. The number of alkyl halides is 3. The van der Waals surface area contributed by atoms with Crippen LogP contribution in [0.1, 0.15) is 0 Å². The van der Waals surface area contributed by atoms with Gasteiger partial charge in [0.15, 0.2) is 0 Å². The van der Waals surface area contributed by atoms with Gasteiger partial charge in [-0.25, -0.2) is 0 Å². The average molecular weight is 191 g/mol. The lowest BCUT2D eigenvalue weighted by atomic mass is 10.3. The van der Waals surface area contributed by atoms with Crippen molar-refractivity contribution in [1.29, 1.82) is 0 Å². The summed E-state index contributed by atoms with van der Waals surface area (Å²) in [5.41, 5.74) is 0. The number of hydrogen-bond acceptors (Lipinski definition) is 2. The maximum absolute atomic E-state index is 12.0. The smallest absolute Gasteiger partial charge is 0.291 e. The lowest BCUT2D eigenvalue weighted by Crippen LogP contribution is -2.35. The second-order valence-corrected chi connectivity index (χ2v) is 2.02. The van der Waals surface area contributed by atoms with Gasteiger partial charge >= 0.3 is 5.92 Å². The van der Waals surface area contributed by atoms with Crippen molar-refractivity contribution in [3.8, 4) is 0 Å². The first-order valence-corrected chi connectivity index (χ1v) is 3.01. The molecule has 0 amide bonds. The van der Waals surface area contributed by atoms with Crippen molar-refractivity contribution in [3.63, 3.8) is 0 Å². The summed E-state index contributed by atoms with van der Waals surface area (Å²) in [6.45, 7) is 0. The Balaban J connectivity index is 4.40. The van der Waals surface area contributed by atoms with Crippen LogP contribution in [-0.4, -0.2) is 22.8 Å². The predicted molar refractivity (Wildman–Crippen MR) is 31.5 cm³/mol. The first-order valence-electron chi connectivity index (χ1n) is 2.10. The molecule has 10 heavy (non-hydrogen) atoms. The van der Waals surface area contributed by atoms with Crippen LogP contribution in [0, 0.1) is 0 Å². The molecule has 0 N–H and O–H groups in total. The number of carbonyl (C=O) groups excluding carboxylic acids is 2. The molecular weight excluding hydrogens is 189 g/mol. The fraction of sp³-hybridized carbons (Fsp3) is 0.500. The number of hydrogen-bond donors (Lipinski definition) is 0. The van der Waals surface area contributed by atoms with Crippen LogP contribution in [0.15, 0.2) is 0 Å². The fourth-order valence-electron chi connectivity index (χ4n) is 0.194. The molecule has 0 heterocycles. The monoisotopic (exact) mass is 190 g/mol. The van der Waals surface area contributed by atoms with E-state index in [0.29, 0.717) is 0 Å². The van der Waals surface area contributed by atoms with Crippen LogP contribution in [-0.2, 0) is 9.59 Å². The van der Waals surface area contributed by atoms with Crippen LogP contribution in [0.2, 0.25) is 0 Å². The maximum atomic E-state index is 12.0. The molecule has 0 spiro atoms. The van der Waals surface area contributed by atoms with Crippen molar-refractivity contribution >= 4 is 34.2 Å². The van der Waals surface area contributed by atoms with Gasteiger partial charge in [-0.05, 0) is 11.6 Å². The molecule has 0 saturated heterocycles. The van der Waals surface area contributed by atoms with E-state index in [0.717, 1.165) is 0 Å². The van der Waals surface area contributed by atoms with E-state index >= 15 is 0 Å². The maximum Gasteiger partial charge on any atom is 0.378 e. The van der Waals surface area contributed by atoms with E-state index in [1.807, 2.05) is 0 Å². The van der Waals surface area contributed by atoms with Crippen molar-refractivity contribution in [2.45, 2.75) is 5.92 Å². The Hall–Kier alpha value is -0.220. The van der Waals surface area contributed by atoms with E-state index in [1.165, 1.54) is 0 Å². The van der Waals surface area contributed by atoms with Crippen molar-refractivity contribution in [2.24, 2.45) is 0 Å². The summed E-state index contributed by atoms with van der Waals surface area (Å²) in [4.78, 5) is 19.9. The second kappa shape index (κ2) is 3.25. The lowest BCUT2D eigenvalue weighted by Gasteiger charge is -2.05. The SMILES string of the molecule is O=C(Cl)C(F)(F)C(=O)CCl. The average Bonchev–Trinajstić information content (AvgIpc) is 1.86. The zero-order valence-electron chi connectivity index (χ0n) is 4.54. The minimum atomic E-state index is -4.14. The van der Waals surface area contributed by atoms with Crippen LogP contribution in [0.3, 0.4) is 0 Å². The van der Waals surface area contributed by atoms with Gasteiger partial charge in [-0.15, -0.1) is 11.6 Å². The van der Waals surface area contributed by atoms with Crippen LogP contribution < -0.4 is 0 Å². The summed E-state index contributed by atoms with van der Waals surface area (Å²) in [6, 6.07) is 0. The summed E-state index contributed by atoms with van der Waals surface area (Å²) in [5.74, 6) is -6.75. The van der Waals surface area contributed by atoms with E-state index < -0.39 is 22.8 Å². The van der Waals surface area contributed by atoms with Crippen LogP contribution in [0.25, 0.3) is 0 Å². The molecule has 0 aromatic rings. The highest BCUT2D eigenvalue weighted by atomic mass is 35.5. The molecule has 0 aliphatic rings. The summed E-state index contributed by atoms with van der Waals surface area (Å²) < 4.78 is 24.0. The largest absolute Gasteiger partial charge is 0.378 e. The molecule has 0 unspecified atom stereocenters. The van der Waals surface area contributed by atoms with Gasteiger partial charge in [0.1, 0.15) is 0 Å². The summed E-state index contributed by atoms with van der Waals surface area (Å²) in [6.07, 6.45) is 0. The van der Waals surface area contributed by atoms with Gasteiger partial charge in [0.05, 0.1) is 5.88 Å². The second-order valence-electron chi connectivity index (χ2n) is 1.40. The first-order chi connectivity index (χ1) is 4.42. The minimum absolute atomic E-state index is 0.925. The Morgan fingerprint density at radius 2 is 1.80 bits per heavy atom. The van der Waals surface area contributed by atoms with Crippen molar-refractivity contribution < 1.29 is 18.4 Å². The number of halogens is 4. The number of ketones is 1. The normalized spacial score (nSPS) is 11.2. The third-order valence-electron chi connectivity index (χ3n) is 0.718. The highest BCUT2D eigenvalue weighted by Crippen LogP contribution is 2.18. The van der Waals surface area contributed by atoms with E-state index in [-0.39, 0.29) is 0 Å². The van der Waals surface area contributed by atoms with Gasteiger partial charge < -0.3 is 0 Å². The van der Waals surface area contributed by atoms with Gasteiger partial charge in [0.25, 0.3) is 5.24 Å².